The van der Waals surface area contributed by atoms with Crippen molar-refractivity contribution in [2.75, 3.05) is 0 Å². The Balaban J connectivity index is 2.35. The Morgan fingerprint density at radius 1 is 1.41 bits per heavy atom. The Bertz CT molecular complexity index is 456. The number of aryl methyl sites for hydroxylation is 1. The molecule has 1 saturated carbocycles. The molecule has 1 aromatic rings. The minimum atomic E-state index is -0.745. The highest BCUT2D eigenvalue weighted by atomic mass is 35.5. The average Bonchev–Trinajstić information content (AvgIpc) is 2.34. The van der Waals surface area contributed by atoms with Gasteiger partial charge >= 0.3 is 0 Å². The van der Waals surface area contributed by atoms with Crippen LogP contribution >= 0.6 is 11.6 Å². The number of rotatable bonds is 1. The van der Waals surface area contributed by atoms with Crippen LogP contribution in [0.4, 0.5) is 4.39 Å². The van der Waals surface area contributed by atoms with E-state index in [0.29, 0.717) is 30.7 Å². The van der Waals surface area contributed by atoms with Crippen LogP contribution in [0.2, 0.25) is 5.02 Å². The van der Waals surface area contributed by atoms with E-state index in [0.717, 1.165) is 11.1 Å². The quantitative estimate of drug-likeness (QED) is 0.729. The molecule has 0 saturated heterocycles. The Morgan fingerprint density at radius 2 is 2.06 bits per heavy atom. The van der Waals surface area contributed by atoms with Crippen molar-refractivity contribution >= 4 is 11.6 Å². The molecule has 0 aromatic heterocycles. The molecule has 0 bridgehead atoms. The highest BCUT2D eigenvalue weighted by molar-refractivity contribution is 6.31. The van der Waals surface area contributed by atoms with Crippen LogP contribution in [0.25, 0.3) is 0 Å². The average molecular weight is 252 g/mol. The number of alkyl halides is 1. The van der Waals surface area contributed by atoms with Crippen molar-refractivity contribution < 1.29 is 4.39 Å². The van der Waals surface area contributed by atoms with E-state index in [1.54, 1.807) is 0 Å². The first-order valence-electron chi connectivity index (χ1n) is 5.89. The fourth-order valence-electron chi connectivity index (χ4n) is 2.48. The molecule has 0 radical (unpaired) electrons. The van der Waals surface area contributed by atoms with Gasteiger partial charge in [-0.3, -0.25) is 0 Å². The monoisotopic (exact) mass is 251 g/mol. The standard InChI is InChI=1S/C14H15ClFN/c1-10-8-11(2-3-13(10)15)14(9-17)6-4-12(16)5-7-14/h2-3,8,12H,4-7H2,1H3. The van der Waals surface area contributed by atoms with Gasteiger partial charge in [0.2, 0.25) is 0 Å². The lowest BCUT2D eigenvalue weighted by Crippen LogP contribution is -2.31. The van der Waals surface area contributed by atoms with Gasteiger partial charge in [0.1, 0.15) is 6.17 Å². The van der Waals surface area contributed by atoms with Gasteiger partial charge in [-0.05, 0) is 49.8 Å². The molecule has 0 aliphatic heterocycles. The van der Waals surface area contributed by atoms with Crippen LogP contribution in [0.15, 0.2) is 18.2 Å². The first-order valence-corrected chi connectivity index (χ1v) is 6.27. The number of benzene rings is 1. The fourth-order valence-corrected chi connectivity index (χ4v) is 2.60. The summed E-state index contributed by atoms with van der Waals surface area (Å²) in [7, 11) is 0. The summed E-state index contributed by atoms with van der Waals surface area (Å²) >= 11 is 5.99. The predicted octanol–water partition coefficient (Wildman–Crippen LogP) is 4.32. The summed E-state index contributed by atoms with van der Waals surface area (Å²) in [6, 6.07) is 8.08. The lowest BCUT2D eigenvalue weighted by atomic mass is 9.70. The van der Waals surface area contributed by atoms with Crippen LogP contribution < -0.4 is 0 Å². The number of nitriles is 1. The lowest BCUT2D eigenvalue weighted by molar-refractivity contribution is 0.209. The molecule has 0 spiro atoms. The zero-order valence-electron chi connectivity index (χ0n) is 9.84. The number of hydrogen-bond acceptors (Lipinski definition) is 1. The molecule has 1 aromatic carbocycles. The Hall–Kier alpha value is -1.07. The summed E-state index contributed by atoms with van der Waals surface area (Å²) in [4.78, 5) is 0. The van der Waals surface area contributed by atoms with E-state index in [2.05, 4.69) is 6.07 Å². The van der Waals surface area contributed by atoms with Crippen LogP contribution in [-0.4, -0.2) is 6.17 Å². The molecule has 1 fully saturated rings. The lowest BCUT2D eigenvalue weighted by Gasteiger charge is -2.33. The molecule has 17 heavy (non-hydrogen) atoms. The Kier molecular flexibility index (Phi) is 3.40. The van der Waals surface area contributed by atoms with Crippen molar-refractivity contribution in [2.45, 2.75) is 44.2 Å². The van der Waals surface area contributed by atoms with E-state index in [4.69, 9.17) is 11.6 Å². The molecule has 1 aliphatic rings. The van der Waals surface area contributed by atoms with Gasteiger partial charge in [-0.2, -0.15) is 5.26 Å². The van der Waals surface area contributed by atoms with Crippen molar-refractivity contribution in [2.24, 2.45) is 0 Å². The van der Waals surface area contributed by atoms with Crippen molar-refractivity contribution in [3.63, 3.8) is 0 Å². The summed E-state index contributed by atoms with van der Waals surface area (Å²) in [6.07, 6.45) is 1.42. The third kappa shape index (κ3) is 2.30. The van der Waals surface area contributed by atoms with Gasteiger partial charge in [0, 0.05) is 5.02 Å². The smallest absolute Gasteiger partial charge is 0.100 e. The molecule has 0 atom stereocenters. The summed E-state index contributed by atoms with van der Waals surface area (Å²) < 4.78 is 13.2. The molecule has 0 unspecified atom stereocenters. The molecule has 0 heterocycles. The minimum absolute atomic E-state index is 0.481. The predicted molar refractivity (Wildman–Crippen MR) is 66.8 cm³/mol. The first kappa shape index (κ1) is 12.4. The van der Waals surface area contributed by atoms with Crippen LogP contribution in [0.3, 0.4) is 0 Å². The molecule has 90 valence electrons. The van der Waals surface area contributed by atoms with Gasteiger partial charge in [0.15, 0.2) is 0 Å². The molecule has 3 heteroatoms. The zero-order valence-corrected chi connectivity index (χ0v) is 10.6. The minimum Gasteiger partial charge on any atom is -0.247 e. The van der Waals surface area contributed by atoms with E-state index >= 15 is 0 Å². The molecule has 0 amide bonds. The molecular formula is C14H15ClFN. The van der Waals surface area contributed by atoms with Gasteiger partial charge in [-0.1, -0.05) is 23.7 Å². The summed E-state index contributed by atoms with van der Waals surface area (Å²) in [5.41, 5.74) is 1.44. The van der Waals surface area contributed by atoms with Crippen molar-refractivity contribution in [1.82, 2.24) is 0 Å². The van der Waals surface area contributed by atoms with Gasteiger partial charge in [-0.15, -0.1) is 0 Å². The molecular weight excluding hydrogens is 237 g/mol. The summed E-state index contributed by atoms with van der Waals surface area (Å²) in [6.45, 7) is 1.93. The number of nitrogens with zero attached hydrogens (tertiary/aromatic N) is 1. The SMILES string of the molecule is Cc1cc(C2(C#N)CCC(F)CC2)ccc1Cl. The summed E-state index contributed by atoms with van der Waals surface area (Å²) in [5.74, 6) is 0. The van der Waals surface area contributed by atoms with Crippen LogP contribution in [0.1, 0.15) is 36.8 Å². The second-order valence-corrected chi connectivity index (χ2v) is 5.24. The van der Waals surface area contributed by atoms with E-state index in [1.165, 1.54) is 0 Å². The molecule has 1 aliphatic carbocycles. The third-order valence-electron chi connectivity index (χ3n) is 3.69. The van der Waals surface area contributed by atoms with Crippen LogP contribution in [0, 0.1) is 18.3 Å². The zero-order chi connectivity index (χ0) is 12.5. The topological polar surface area (TPSA) is 23.8 Å². The van der Waals surface area contributed by atoms with Crippen molar-refractivity contribution in [3.8, 4) is 6.07 Å². The second-order valence-electron chi connectivity index (χ2n) is 4.83. The highest BCUT2D eigenvalue weighted by Gasteiger charge is 2.37. The second kappa shape index (κ2) is 4.66. The van der Waals surface area contributed by atoms with Crippen molar-refractivity contribution in [1.29, 1.82) is 5.26 Å². The Morgan fingerprint density at radius 3 is 2.59 bits per heavy atom. The van der Waals surface area contributed by atoms with Crippen molar-refractivity contribution in [3.05, 3.63) is 34.3 Å². The third-order valence-corrected chi connectivity index (χ3v) is 4.12. The van der Waals surface area contributed by atoms with E-state index in [1.807, 2.05) is 25.1 Å². The van der Waals surface area contributed by atoms with Crippen LogP contribution in [-0.2, 0) is 5.41 Å². The highest BCUT2D eigenvalue weighted by Crippen LogP contribution is 2.40. The molecule has 1 nitrogen and oxygen atoms in total. The maximum absolute atomic E-state index is 13.2. The normalized spacial score (nSPS) is 28.7. The maximum atomic E-state index is 13.2. The van der Waals surface area contributed by atoms with Crippen LogP contribution in [0.5, 0.6) is 0 Å². The number of hydrogen-bond donors (Lipinski definition) is 0. The largest absolute Gasteiger partial charge is 0.247 e. The van der Waals surface area contributed by atoms with Gasteiger partial charge in [-0.25, -0.2) is 4.39 Å². The fraction of sp³-hybridized carbons (Fsp3) is 0.500. The van der Waals surface area contributed by atoms with Gasteiger partial charge in [0.25, 0.3) is 0 Å². The Labute approximate surface area is 106 Å². The van der Waals surface area contributed by atoms with E-state index < -0.39 is 11.6 Å². The summed E-state index contributed by atoms with van der Waals surface area (Å²) in [5, 5.41) is 10.1. The van der Waals surface area contributed by atoms with E-state index in [9.17, 15) is 9.65 Å². The van der Waals surface area contributed by atoms with Gasteiger partial charge < -0.3 is 0 Å². The molecule has 2 rings (SSSR count). The molecule has 0 N–H and O–H groups in total. The maximum Gasteiger partial charge on any atom is 0.100 e. The number of halogens is 2. The van der Waals surface area contributed by atoms with Gasteiger partial charge in [0.05, 0.1) is 11.5 Å². The van der Waals surface area contributed by atoms with E-state index in [-0.39, 0.29) is 0 Å². The first-order chi connectivity index (χ1) is 8.07.